The number of carbonyl (C=O) groups is 2. The van der Waals surface area contributed by atoms with E-state index >= 15 is 0 Å². The van der Waals surface area contributed by atoms with Crippen molar-refractivity contribution in [1.82, 2.24) is 5.32 Å². The van der Waals surface area contributed by atoms with Crippen LogP contribution < -0.4 is 16.0 Å². The molecule has 0 aromatic heterocycles. The van der Waals surface area contributed by atoms with Crippen molar-refractivity contribution >= 4 is 23.4 Å². The van der Waals surface area contributed by atoms with Crippen molar-refractivity contribution in [3.63, 3.8) is 0 Å². The molecular weight excluding hydrogens is 354 g/mol. The van der Waals surface area contributed by atoms with Gasteiger partial charge in [0.2, 0.25) is 5.91 Å². The Morgan fingerprint density at radius 2 is 1.61 bits per heavy atom. The molecule has 0 saturated heterocycles. The maximum Gasteiger partial charge on any atom is 0.411 e. The van der Waals surface area contributed by atoms with Gasteiger partial charge in [-0.3, -0.25) is 10.1 Å². The van der Waals surface area contributed by atoms with E-state index in [2.05, 4.69) is 22.9 Å². The van der Waals surface area contributed by atoms with Gasteiger partial charge in [0, 0.05) is 11.4 Å². The van der Waals surface area contributed by atoms with Crippen LogP contribution in [0.2, 0.25) is 0 Å². The molecule has 2 rings (SSSR count). The molecule has 0 saturated carbocycles. The standard InChI is InChI=1S/C22H29N3O3/c1-4-9-20(17-10-7-6-8-11-17)25-21(26)16(3)23-18-12-14-19(15-13-18)24-22(27)28-5-2/h6-8,10-16,20,23H,4-5,9H2,1-3H3,(H,24,27)(H,25,26). The first-order chi connectivity index (χ1) is 13.5. The van der Waals surface area contributed by atoms with E-state index in [9.17, 15) is 9.59 Å². The molecule has 3 N–H and O–H groups in total. The quantitative estimate of drug-likeness (QED) is 0.586. The van der Waals surface area contributed by atoms with Crippen LogP contribution >= 0.6 is 0 Å². The Morgan fingerprint density at radius 1 is 0.964 bits per heavy atom. The first-order valence-electron chi connectivity index (χ1n) is 9.69. The highest BCUT2D eigenvalue weighted by Gasteiger charge is 2.18. The Labute approximate surface area is 166 Å². The Hall–Kier alpha value is -3.02. The van der Waals surface area contributed by atoms with Gasteiger partial charge in [0.05, 0.1) is 12.6 Å². The van der Waals surface area contributed by atoms with E-state index in [0.717, 1.165) is 24.1 Å². The molecular formula is C22H29N3O3. The van der Waals surface area contributed by atoms with Crippen LogP contribution in [0.1, 0.15) is 45.2 Å². The lowest BCUT2D eigenvalue weighted by Crippen LogP contribution is -2.39. The third-order valence-corrected chi connectivity index (χ3v) is 4.28. The van der Waals surface area contributed by atoms with E-state index in [-0.39, 0.29) is 11.9 Å². The van der Waals surface area contributed by atoms with Crippen LogP contribution in [0, 0.1) is 0 Å². The zero-order valence-electron chi connectivity index (χ0n) is 16.7. The first kappa shape index (κ1) is 21.3. The molecule has 2 aromatic carbocycles. The van der Waals surface area contributed by atoms with Gasteiger partial charge in [-0.15, -0.1) is 0 Å². The van der Waals surface area contributed by atoms with Crippen LogP contribution in [-0.4, -0.2) is 24.6 Å². The fourth-order valence-electron chi connectivity index (χ4n) is 2.84. The Bertz CT molecular complexity index is 747. The minimum absolute atomic E-state index is 0.000830. The van der Waals surface area contributed by atoms with Crippen LogP contribution in [0.3, 0.4) is 0 Å². The highest BCUT2D eigenvalue weighted by Crippen LogP contribution is 2.19. The fraction of sp³-hybridized carbons (Fsp3) is 0.364. The molecule has 0 heterocycles. The normalized spacial score (nSPS) is 12.5. The highest BCUT2D eigenvalue weighted by atomic mass is 16.5. The van der Waals surface area contributed by atoms with E-state index in [0.29, 0.717) is 12.3 Å². The van der Waals surface area contributed by atoms with Gasteiger partial charge < -0.3 is 15.4 Å². The number of hydrogen-bond acceptors (Lipinski definition) is 4. The summed E-state index contributed by atoms with van der Waals surface area (Å²) < 4.78 is 4.85. The summed E-state index contributed by atoms with van der Waals surface area (Å²) in [5.74, 6) is -0.0592. The molecule has 0 fully saturated rings. The Kier molecular flexibility index (Phi) is 8.34. The molecule has 0 radical (unpaired) electrons. The number of hydrogen-bond donors (Lipinski definition) is 3. The van der Waals surface area contributed by atoms with Gasteiger partial charge in [0.15, 0.2) is 0 Å². The number of rotatable bonds is 9. The molecule has 28 heavy (non-hydrogen) atoms. The Balaban J connectivity index is 1.93. The second-order valence-corrected chi connectivity index (χ2v) is 6.55. The summed E-state index contributed by atoms with van der Waals surface area (Å²) in [6.07, 6.45) is 1.38. The second-order valence-electron chi connectivity index (χ2n) is 6.55. The van der Waals surface area contributed by atoms with Crippen molar-refractivity contribution in [3.05, 3.63) is 60.2 Å². The van der Waals surface area contributed by atoms with Gasteiger partial charge in [-0.25, -0.2) is 4.79 Å². The van der Waals surface area contributed by atoms with Crippen LogP contribution in [0.15, 0.2) is 54.6 Å². The topological polar surface area (TPSA) is 79.5 Å². The molecule has 0 aliphatic carbocycles. The smallest absolute Gasteiger partial charge is 0.411 e. The van der Waals surface area contributed by atoms with Crippen LogP contribution in [0.4, 0.5) is 16.2 Å². The zero-order valence-corrected chi connectivity index (χ0v) is 16.7. The maximum atomic E-state index is 12.6. The largest absolute Gasteiger partial charge is 0.450 e. The van der Waals surface area contributed by atoms with E-state index in [1.165, 1.54) is 0 Å². The third kappa shape index (κ3) is 6.61. The number of nitrogens with one attached hydrogen (secondary N) is 3. The number of benzene rings is 2. The van der Waals surface area contributed by atoms with Crippen molar-refractivity contribution in [2.24, 2.45) is 0 Å². The summed E-state index contributed by atoms with van der Waals surface area (Å²) in [4.78, 5) is 24.1. The van der Waals surface area contributed by atoms with E-state index in [1.54, 1.807) is 19.1 Å². The maximum absolute atomic E-state index is 12.6. The van der Waals surface area contributed by atoms with Gasteiger partial charge in [-0.05, 0) is 50.1 Å². The predicted octanol–water partition coefficient (Wildman–Crippen LogP) is 4.71. The molecule has 6 nitrogen and oxygen atoms in total. The molecule has 2 aromatic rings. The van der Waals surface area contributed by atoms with Gasteiger partial charge in [0.25, 0.3) is 0 Å². The van der Waals surface area contributed by atoms with Crippen molar-refractivity contribution in [1.29, 1.82) is 0 Å². The van der Waals surface area contributed by atoms with Crippen LogP contribution in [0.5, 0.6) is 0 Å². The number of anilines is 2. The zero-order chi connectivity index (χ0) is 20.4. The van der Waals surface area contributed by atoms with Gasteiger partial charge >= 0.3 is 6.09 Å². The van der Waals surface area contributed by atoms with E-state index in [1.807, 2.05) is 49.4 Å². The molecule has 0 bridgehead atoms. The van der Waals surface area contributed by atoms with Crippen molar-refractivity contribution in [2.75, 3.05) is 17.2 Å². The van der Waals surface area contributed by atoms with Crippen molar-refractivity contribution < 1.29 is 14.3 Å². The fourth-order valence-corrected chi connectivity index (χ4v) is 2.84. The molecule has 0 spiro atoms. The number of ether oxygens (including phenoxy) is 1. The summed E-state index contributed by atoms with van der Waals surface area (Å²) in [6.45, 7) is 6.01. The summed E-state index contributed by atoms with van der Waals surface area (Å²) in [5.41, 5.74) is 2.54. The van der Waals surface area contributed by atoms with Gasteiger partial charge in [0.1, 0.15) is 6.04 Å². The van der Waals surface area contributed by atoms with Crippen molar-refractivity contribution in [3.8, 4) is 0 Å². The minimum Gasteiger partial charge on any atom is -0.450 e. The lowest BCUT2D eigenvalue weighted by molar-refractivity contribution is -0.122. The number of carbonyl (C=O) groups excluding carboxylic acids is 2. The molecule has 2 amide bonds. The van der Waals surface area contributed by atoms with Gasteiger partial charge in [-0.2, -0.15) is 0 Å². The predicted molar refractivity (Wildman–Crippen MR) is 112 cm³/mol. The minimum atomic E-state index is -0.487. The average Bonchev–Trinajstić information content (AvgIpc) is 2.70. The van der Waals surface area contributed by atoms with Gasteiger partial charge in [-0.1, -0.05) is 43.7 Å². The molecule has 150 valence electrons. The number of amides is 2. The van der Waals surface area contributed by atoms with Crippen molar-refractivity contribution in [2.45, 2.75) is 45.7 Å². The van der Waals surface area contributed by atoms with E-state index in [4.69, 9.17) is 4.74 Å². The second kappa shape index (κ2) is 11.0. The highest BCUT2D eigenvalue weighted by molar-refractivity contribution is 5.86. The molecule has 2 atom stereocenters. The monoisotopic (exact) mass is 383 g/mol. The lowest BCUT2D eigenvalue weighted by Gasteiger charge is -2.22. The van der Waals surface area contributed by atoms with Crippen LogP contribution in [-0.2, 0) is 9.53 Å². The summed E-state index contributed by atoms with van der Waals surface area (Å²) >= 11 is 0. The molecule has 6 heteroatoms. The lowest BCUT2D eigenvalue weighted by atomic mass is 10.0. The van der Waals surface area contributed by atoms with E-state index < -0.39 is 12.1 Å². The summed E-state index contributed by atoms with van der Waals surface area (Å²) in [6, 6.07) is 16.8. The first-order valence-corrected chi connectivity index (χ1v) is 9.69. The average molecular weight is 383 g/mol. The molecule has 2 unspecified atom stereocenters. The SMILES string of the molecule is CCCC(NC(=O)C(C)Nc1ccc(NC(=O)OCC)cc1)c1ccccc1. The molecule has 0 aliphatic rings. The Morgan fingerprint density at radius 3 is 2.21 bits per heavy atom. The van der Waals surface area contributed by atoms with Crippen LogP contribution in [0.25, 0.3) is 0 Å². The molecule has 0 aliphatic heterocycles. The summed E-state index contributed by atoms with van der Waals surface area (Å²) in [7, 11) is 0. The third-order valence-electron chi connectivity index (χ3n) is 4.28. The summed E-state index contributed by atoms with van der Waals surface area (Å²) in [5, 5.41) is 8.96.